The maximum absolute atomic E-state index is 13.2. The fourth-order valence-electron chi connectivity index (χ4n) is 1.90. The van der Waals surface area contributed by atoms with Crippen LogP contribution < -0.4 is 0 Å². The highest BCUT2D eigenvalue weighted by Gasteiger charge is 2.26. The van der Waals surface area contributed by atoms with Crippen LogP contribution in [0.4, 0.5) is 8.78 Å². The van der Waals surface area contributed by atoms with Gasteiger partial charge in [0.05, 0.1) is 0 Å². The van der Waals surface area contributed by atoms with Gasteiger partial charge in [-0.25, -0.2) is 8.78 Å². The van der Waals surface area contributed by atoms with Crippen LogP contribution in [-0.4, -0.2) is 5.92 Å². The minimum absolute atomic E-state index is 0.00757. The van der Waals surface area contributed by atoms with Crippen LogP contribution in [0.3, 0.4) is 0 Å². The predicted octanol–water partition coefficient (Wildman–Crippen LogP) is 5.97. The molecule has 0 aliphatic rings. The van der Waals surface area contributed by atoms with Gasteiger partial charge in [0, 0.05) is 12.8 Å². The normalized spacial score (nSPS) is 12.1. The molecule has 2 heteroatoms. The molecule has 0 aromatic carbocycles. The first-order valence-electron chi connectivity index (χ1n) is 6.92. The number of hydrogen-bond donors (Lipinski definition) is 0. The van der Waals surface area contributed by atoms with E-state index in [1.807, 2.05) is 0 Å². The van der Waals surface area contributed by atoms with Crippen LogP contribution in [0.15, 0.2) is 12.2 Å². The summed E-state index contributed by atoms with van der Waals surface area (Å²) < 4.78 is 26.5. The van der Waals surface area contributed by atoms with Gasteiger partial charge < -0.3 is 0 Å². The maximum atomic E-state index is 13.2. The summed E-state index contributed by atoms with van der Waals surface area (Å²) in [5, 5.41) is 0. The second-order valence-corrected chi connectivity index (χ2v) is 5.50. The summed E-state index contributed by atoms with van der Waals surface area (Å²) in [5.41, 5.74) is 0.990. The molecule has 17 heavy (non-hydrogen) atoms. The molecular weight excluding hydrogens is 218 g/mol. The first kappa shape index (κ1) is 16.6. The summed E-state index contributed by atoms with van der Waals surface area (Å²) in [4.78, 5) is 0. The van der Waals surface area contributed by atoms with Crippen molar-refractivity contribution in [2.45, 2.75) is 78.1 Å². The first-order valence-corrected chi connectivity index (χ1v) is 6.92. The summed E-state index contributed by atoms with van der Waals surface area (Å²) in [6.45, 7) is 10.1. The Bertz CT molecular complexity index is 207. The van der Waals surface area contributed by atoms with Gasteiger partial charge in [0.15, 0.2) is 0 Å². The molecule has 0 amide bonds. The Hall–Kier alpha value is -0.400. The Morgan fingerprint density at radius 1 is 1.12 bits per heavy atom. The van der Waals surface area contributed by atoms with Crippen molar-refractivity contribution < 1.29 is 8.78 Å². The lowest BCUT2D eigenvalue weighted by molar-refractivity contribution is -0.0165. The lowest BCUT2D eigenvalue weighted by atomic mass is 9.98. The SMILES string of the molecule is C=C(CCCCC(C)C)CCC(F)(F)CCC. The molecule has 0 rings (SSSR count). The third kappa shape index (κ3) is 10.5. The molecule has 0 N–H and O–H groups in total. The standard InChI is InChI=1S/C15H28F2/c1-5-11-15(16,17)12-10-14(4)9-7-6-8-13(2)3/h13H,4-12H2,1-3H3. The molecule has 0 aliphatic heterocycles. The fourth-order valence-corrected chi connectivity index (χ4v) is 1.90. The van der Waals surface area contributed by atoms with E-state index in [9.17, 15) is 8.78 Å². The minimum atomic E-state index is -2.49. The van der Waals surface area contributed by atoms with Crippen molar-refractivity contribution in [2.24, 2.45) is 5.92 Å². The Morgan fingerprint density at radius 2 is 1.76 bits per heavy atom. The Balaban J connectivity index is 3.59. The zero-order valence-electron chi connectivity index (χ0n) is 11.7. The lowest BCUT2D eigenvalue weighted by Crippen LogP contribution is -2.15. The van der Waals surface area contributed by atoms with Crippen LogP contribution in [0.2, 0.25) is 0 Å². The molecule has 0 spiro atoms. The van der Waals surface area contributed by atoms with E-state index >= 15 is 0 Å². The van der Waals surface area contributed by atoms with Crippen LogP contribution in [0.25, 0.3) is 0 Å². The molecular formula is C15H28F2. The van der Waals surface area contributed by atoms with Gasteiger partial charge in [0.25, 0.3) is 0 Å². The maximum Gasteiger partial charge on any atom is 0.248 e. The molecule has 0 aromatic heterocycles. The molecule has 0 heterocycles. The quantitative estimate of drug-likeness (QED) is 0.329. The van der Waals surface area contributed by atoms with Crippen molar-refractivity contribution in [1.82, 2.24) is 0 Å². The Morgan fingerprint density at radius 3 is 2.29 bits per heavy atom. The molecule has 0 saturated carbocycles. The predicted molar refractivity (Wildman–Crippen MR) is 71.5 cm³/mol. The van der Waals surface area contributed by atoms with Crippen molar-refractivity contribution in [2.75, 3.05) is 0 Å². The monoisotopic (exact) mass is 246 g/mol. The largest absolute Gasteiger partial charge is 0.248 e. The number of halogens is 2. The van der Waals surface area contributed by atoms with Gasteiger partial charge in [-0.3, -0.25) is 0 Å². The number of rotatable bonds is 10. The van der Waals surface area contributed by atoms with Gasteiger partial charge in [-0.05, 0) is 25.2 Å². The molecule has 0 radical (unpaired) electrons. The summed E-state index contributed by atoms with van der Waals surface area (Å²) in [7, 11) is 0. The van der Waals surface area contributed by atoms with Gasteiger partial charge in [-0.2, -0.15) is 0 Å². The van der Waals surface area contributed by atoms with Crippen LogP contribution in [0, 0.1) is 5.92 Å². The van der Waals surface area contributed by atoms with Crippen LogP contribution >= 0.6 is 0 Å². The van der Waals surface area contributed by atoms with Crippen molar-refractivity contribution in [3.05, 3.63) is 12.2 Å². The number of hydrogen-bond acceptors (Lipinski definition) is 0. The molecule has 0 saturated heterocycles. The summed E-state index contributed by atoms with van der Waals surface area (Å²) in [6, 6.07) is 0. The highest BCUT2D eigenvalue weighted by molar-refractivity contribution is 4.95. The number of unbranched alkanes of at least 4 members (excludes halogenated alkanes) is 1. The topological polar surface area (TPSA) is 0 Å². The van der Waals surface area contributed by atoms with Crippen molar-refractivity contribution in [3.63, 3.8) is 0 Å². The average molecular weight is 246 g/mol. The minimum Gasteiger partial charge on any atom is -0.207 e. The molecule has 0 unspecified atom stereocenters. The molecule has 0 nitrogen and oxygen atoms in total. The zero-order valence-corrected chi connectivity index (χ0v) is 11.7. The van der Waals surface area contributed by atoms with Gasteiger partial charge in [0.1, 0.15) is 0 Å². The second-order valence-electron chi connectivity index (χ2n) is 5.50. The number of allylic oxidation sites excluding steroid dienone is 1. The van der Waals surface area contributed by atoms with Crippen molar-refractivity contribution in [3.8, 4) is 0 Å². The smallest absolute Gasteiger partial charge is 0.207 e. The lowest BCUT2D eigenvalue weighted by Gasteiger charge is -2.16. The molecule has 0 fully saturated rings. The number of alkyl halides is 2. The van der Waals surface area contributed by atoms with E-state index < -0.39 is 5.92 Å². The van der Waals surface area contributed by atoms with E-state index in [0.29, 0.717) is 12.8 Å². The van der Waals surface area contributed by atoms with E-state index in [1.165, 1.54) is 12.8 Å². The van der Waals surface area contributed by atoms with Gasteiger partial charge in [-0.15, -0.1) is 0 Å². The highest BCUT2D eigenvalue weighted by atomic mass is 19.3. The second kappa shape index (κ2) is 8.66. The van der Waals surface area contributed by atoms with Crippen LogP contribution in [0.5, 0.6) is 0 Å². The Kier molecular flexibility index (Phi) is 8.45. The summed E-state index contributed by atoms with van der Waals surface area (Å²) in [6.07, 6.45) is 5.42. The highest BCUT2D eigenvalue weighted by Crippen LogP contribution is 2.28. The van der Waals surface area contributed by atoms with E-state index in [4.69, 9.17) is 0 Å². The van der Waals surface area contributed by atoms with Gasteiger partial charge in [0.2, 0.25) is 5.92 Å². The molecule has 0 aromatic rings. The van der Waals surface area contributed by atoms with Crippen LogP contribution in [-0.2, 0) is 0 Å². The third-order valence-corrected chi connectivity index (χ3v) is 3.02. The van der Waals surface area contributed by atoms with E-state index in [2.05, 4.69) is 20.4 Å². The Labute approximate surface area is 105 Å². The third-order valence-electron chi connectivity index (χ3n) is 3.02. The van der Waals surface area contributed by atoms with Gasteiger partial charge in [-0.1, -0.05) is 52.2 Å². The van der Waals surface area contributed by atoms with Crippen LogP contribution in [0.1, 0.15) is 72.1 Å². The van der Waals surface area contributed by atoms with E-state index in [-0.39, 0.29) is 12.8 Å². The van der Waals surface area contributed by atoms with Crippen molar-refractivity contribution >= 4 is 0 Å². The fraction of sp³-hybridized carbons (Fsp3) is 0.867. The van der Waals surface area contributed by atoms with E-state index in [1.54, 1.807) is 6.92 Å². The van der Waals surface area contributed by atoms with E-state index in [0.717, 1.165) is 24.3 Å². The molecule has 0 atom stereocenters. The summed E-state index contributed by atoms with van der Waals surface area (Å²) in [5.74, 6) is -1.76. The molecule has 102 valence electrons. The summed E-state index contributed by atoms with van der Waals surface area (Å²) >= 11 is 0. The molecule has 0 aliphatic carbocycles. The first-order chi connectivity index (χ1) is 7.87. The zero-order chi connectivity index (χ0) is 13.3. The average Bonchev–Trinajstić information content (AvgIpc) is 2.21. The van der Waals surface area contributed by atoms with Crippen molar-refractivity contribution in [1.29, 1.82) is 0 Å². The van der Waals surface area contributed by atoms with Gasteiger partial charge >= 0.3 is 0 Å². The molecule has 0 bridgehead atoms.